The van der Waals surface area contributed by atoms with Crippen LogP contribution in [0.15, 0.2) is 36.5 Å². The van der Waals surface area contributed by atoms with E-state index in [9.17, 15) is 5.11 Å². The number of pyridine rings is 1. The van der Waals surface area contributed by atoms with Crippen molar-refractivity contribution in [3.05, 3.63) is 47.7 Å². The average Bonchev–Trinajstić information content (AvgIpc) is 3.37. The molecule has 6 heteroatoms. The van der Waals surface area contributed by atoms with Crippen molar-refractivity contribution in [3.8, 4) is 23.2 Å². The summed E-state index contributed by atoms with van der Waals surface area (Å²) in [7, 11) is 0. The van der Waals surface area contributed by atoms with Gasteiger partial charge in [-0.25, -0.2) is 0 Å². The summed E-state index contributed by atoms with van der Waals surface area (Å²) in [6.07, 6.45) is 3.17. The summed E-state index contributed by atoms with van der Waals surface area (Å²) < 4.78 is 0. The van der Waals surface area contributed by atoms with Gasteiger partial charge in [-0.05, 0) is 55.3 Å². The van der Waals surface area contributed by atoms with E-state index in [1.54, 1.807) is 12.1 Å². The molecular formula is C21H21N5O. The number of aromatic hydroxyl groups is 1. The molecule has 0 amide bonds. The smallest absolute Gasteiger partial charge is 0.199 e. The van der Waals surface area contributed by atoms with E-state index in [-0.39, 0.29) is 5.88 Å². The molecule has 5 rings (SSSR count). The first-order valence-corrected chi connectivity index (χ1v) is 9.38. The molecule has 2 fully saturated rings. The van der Waals surface area contributed by atoms with Crippen LogP contribution in [-0.2, 0) is 6.54 Å². The summed E-state index contributed by atoms with van der Waals surface area (Å²) in [4.78, 5) is 10.1. The number of fused-ring (bicyclic) bond motifs is 2. The second-order valence-corrected chi connectivity index (χ2v) is 7.52. The number of nitriles is 1. The first-order chi connectivity index (χ1) is 13.2. The van der Waals surface area contributed by atoms with E-state index in [4.69, 9.17) is 5.26 Å². The predicted molar refractivity (Wildman–Crippen MR) is 103 cm³/mol. The molecule has 3 aromatic rings. The number of benzene rings is 1. The van der Waals surface area contributed by atoms with E-state index in [0.29, 0.717) is 22.9 Å². The van der Waals surface area contributed by atoms with Crippen molar-refractivity contribution in [2.45, 2.75) is 19.0 Å². The van der Waals surface area contributed by atoms with E-state index in [1.165, 1.54) is 12.0 Å². The lowest BCUT2D eigenvalue weighted by Gasteiger charge is -2.22. The van der Waals surface area contributed by atoms with Crippen molar-refractivity contribution >= 4 is 10.9 Å². The van der Waals surface area contributed by atoms with Gasteiger partial charge in [-0.3, -0.25) is 9.88 Å². The van der Waals surface area contributed by atoms with Crippen LogP contribution < -0.4 is 5.32 Å². The van der Waals surface area contributed by atoms with E-state index in [2.05, 4.69) is 32.3 Å². The largest absolute Gasteiger partial charge is 0.494 e. The molecule has 6 nitrogen and oxygen atoms in total. The highest BCUT2D eigenvalue weighted by Crippen LogP contribution is 2.36. The Morgan fingerprint density at radius 2 is 2.19 bits per heavy atom. The van der Waals surface area contributed by atoms with Gasteiger partial charge in [0.05, 0.1) is 22.9 Å². The fourth-order valence-electron chi connectivity index (χ4n) is 4.54. The first-order valence-electron chi connectivity index (χ1n) is 9.38. The topological polar surface area (TPSA) is 88.0 Å². The average molecular weight is 359 g/mol. The van der Waals surface area contributed by atoms with E-state index >= 15 is 0 Å². The normalized spacial score (nSPS) is 22.2. The van der Waals surface area contributed by atoms with Gasteiger partial charge in [0.25, 0.3) is 0 Å². The Morgan fingerprint density at radius 3 is 3.00 bits per heavy atom. The third-order valence-electron chi connectivity index (χ3n) is 5.93. The van der Waals surface area contributed by atoms with Crippen LogP contribution in [0.25, 0.3) is 22.2 Å². The standard InChI is InChI=1S/C21H21N5O/c22-8-13-1-3-17-16(7-13)20(21(27)25-17)18-4-2-14(9-24-18)12-26-6-5-15-10-23-11-19(15)26/h1-4,7,9,15,19,23,25,27H,5-6,10-12H2. The van der Waals surface area contributed by atoms with Crippen molar-refractivity contribution < 1.29 is 5.11 Å². The number of nitrogens with one attached hydrogen (secondary N) is 2. The number of H-pyrrole nitrogens is 1. The van der Waals surface area contributed by atoms with Gasteiger partial charge in [-0.15, -0.1) is 0 Å². The Bertz CT molecular complexity index is 1030. The van der Waals surface area contributed by atoms with Crippen molar-refractivity contribution in [2.75, 3.05) is 19.6 Å². The van der Waals surface area contributed by atoms with Crippen molar-refractivity contribution in [1.29, 1.82) is 5.26 Å². The molecule has 2 aliphatic heterocycles. The van der Waals surface area contributed by atoms with Crippen LogP contribution >= 0.6 is 0 Å². The second-order valence-electron chi connectivity index (χ2n) is 7.52. The third-order valence-corrected chi connectivity index (χ3v) is 5.93. The number of hydrogen-bond acceptors (Lipinski definition) is 5. The Morgan fingerprint density at radius 1 is 1.26 bits per heavy atom. The summed E-state index contributed by atoms with van der Waals surface area (Å²) in [6, 6.07) is 12.2. The van der Waals surface area contributed by atoms with E-state index in [1.807, 2.05) is 18.3 Å². The molecule has 1 aromatic carbocycles. The molecule has 2 unspecified atom stereocenters. The minimum atomic E-state index is 0.0831. The van der Waals surface area contributed by atoms with Crippen molar-refractivity contribution in [2.24, 2.45) is 5.92 Å². The summed E-state index contributed by atoms with van der Waals surface area (Å²) in [5.41, 5.74) is 3.90. The van der Waals surface area contributed by atoms with Gasteiger partial charge in [-0.1, -0.05) is 6.07 Å². The molecule has 2 aliphatic rings. The summed E-state index contributed by atoms with van der Waals surface area (Å²) in [6.45, 7) is 4.29. The number of hydrogen-bond donors (Lipinski definition) is 3. The fourth-order valence-corrected chi connectivity index (χ4v) is 4.54. The maximum Gasteiger partial charge on any atom is 0.199 e. The van der Waals surface area contributed by atoms with Gasteiger partial charge >= 0.3 is 0 Å². The Balaban J connectivity index is 1.43. The van der Waals surface area contributed by atoms with Crippen LogP contribution in [0.1, 0.15) is 17.5 Å². The molecule has 0 spiro atoms. The Labute approximate surface area is 157 Å². The molecule has 2 atom stereocenters. The molecule has 0 aliphatic carbocycles. The highest BCUT2D eigenvalue weighted by atomic mass is 16.3. The number of likely N-dealkylation sites (tertiary alicyclic amines) is 1. The lowest BCUT2D eigenvalue weighted by atomic mass is 10.0. The van der Waals surface area contributed by atoms with Gasteiger partial charge < -0.3 is 15.4 Å². The monoisotopic (exact) mass is 359 g/mol. The molecule has 4 heterocycles. The SMILES string of the molecule is N#Cc1ccc2[nH]c(O)c(-c3ccc(CN4CCC5CNCC54)cn3)c2c1. The summed E-state index contributed by atoms with van der Waals surface area (Å²) in [5, 5.41) is 23.8. The van der Waals surface area contributed by atoms with Gasteiger partial charge in [0, 0.05) is 36.2 Å². The van der Waals surface area contributed by atoms with Crippen molar-refractivity contribution in [1.82, 2.24) is 20.2 Å². The molecule has 136 valence electrons. The molecule has 0 radical (unpaired) electrons. The molecule has 2 aromatic heterocycles. The Hall–Kier alpha value is -2.88. The predicted octanol–water partition coefficient (Wildman–Crippen LogP) is 2.60. The fraction of sp³-hybridized carbons (Fsp3) is 0.333. The lowest BCUT2D eigenvalue weighted by molar-refractivity contribution is 0.244. The van der Waals surface area contributed by atoms with Crippen LogP contribution in [0.5, 0.6) is 5.88 Å². The van der Waals surface area contributed by atoms with Crippen molar-refractivity contribution in [3.63, 3.8) is 0 Å². The number of aromatic nitrogens is 2. The molecule has 0 saturated carbocycles. The van der Waals surface area contributed by atoms with Crippen LogP contribution in [0.4, 0.5) is 0 Å². The van der Waals surface area contributed by atoms with Crippen LogP contribution in [0.2, 0.25) is 0 Å². The third kappa shape index (κ3) is 2.76. The van der Waals surface area contributed by atoms with Crippen LogP contribution in [-0.4, -0.2) is 45.7 Å². The van der Waals surface area contributed by atoms with E-state index in [0.717, 1.165) is 43.0 Å². The Kier molecular flexibility index (Phi) is 3.85. The van der Waals surface area contributed by atoms with Gasteiger partial charge in [0.1, 0.15) is 0 Å². The molecule has 2 saturated heterocycles. The molecule has 0 bridgehead atoms. The minimum Gasteiger partial charge on any atom is -0.494 e. The zero-order valence-corrected chi connectivity index (χ0v) is 14.9. The maximum absolute atomic E-state index is 10.4. The van der Waals surface area contributed by atoms with Gasteiger partial charge in [-0.2, -0.15) is 5.26 Å². The first kappa shape index (κ1) is 16.3. The van der Waals surface area contributed by atoms with Gasteiger partial charge in [0.2, 0.25) is 0 Å². The maximum atomic E-state index is 10.4. The highest BCUT2D eigenvalue weighted by molar-refractivity contribution is 5.98. The molecule has 27 heavy (non-hydrogen) atoms. The lowest BCUT2D eigenvalue weighted by Crippen LogP contribution is -2.33. The molecule has 3 N–H and O–H groups in total. The van der Waals surface area contributed by atoms with E-state index < -0.39 is 0 Å². The summed E-state index contributed by atoms with van der Waals surface area (Å²) in [5.74, 6) is 0.870. The number of nitrogens with zero attached hydrogens (tertiary/aromatic N) is 3. The van der Waals surface area contributed by atoms with Gasteiger partial charge in [0.15, 0.2) is 5.88 Å². The minimum absolute atomic E-state index is 0.0831. The van der Waals surface area contributed by atoms with Crippen LogP contribution in [0.3, 0.4) is 0 Å². The molecular weight excluding hydrogens is 338 g/mol. The zero-order valence-electron chi connectivity index (χ0n) is 14.9. The number of rotatable bonds is 3. The summed E-state index contributed by atoms with van der Waals surface area (Å²) >= 11 is 0. The highest BCUT2D eigenvalue weighted by Gasteiger charge is 2.37. The second kappa shape index (κ2) is 6.38. The zero-order chi connectivity index (χ0) is 18.4. The van der Waals surface area contributed by atoms with Crippen LogP contribution in [0, 0.1) is 17.2 Å². The quantitative estimate of drug-likeness (QED) is 0.669. The number of aromatic amines is 1.